The van der Waals surface area contributed by atoms with Gasteiger partial charge in [0.1, 0.15) is 29.3 Å². The number of anilines is 2. The highest BCUT2D eigenvalue weighted by molar-refractivity contribution is 5.83. The van der Waals surface area contributed by atoms with E-state index in [1.165, 1.54) is 17.0 Å². The second-order valence-electron chi connectivity index (χ2n) is 7.82. The van der Waals surface area contributed by atoms with Crippen molar-refractivity contribution in [3.8, 4) is 17.3 Å². The number of fused-ring (bicyclic) bond motifs is 1. The van der Waals surface area contributed by atoms with Crippen molar-refractivity contribution >= 4 is 22.4 Å². The summed E-state index contributed by atoms with van der Waals surface area (Å²) >= 11 is 0. The summed E-state index contributed by atoms with van der Waals surface area (Å²) in [7, 11) is 0. The molecule has 1 aromatic carbocycles. The van der Waals surface area contributed by atoms with Crippen molar-refractivity contribution in [3.63, 3.8) is 0 Å². The Hall–Kier alpha value is -4.61. The van der Waals surface area contributed by atoms with E-state index in [-0.39, 0.29) is 17.1 Å². The van der Waals surface area contributed by atoms with Gasteiger partial charge in [0.2, 0.25) is 0 Å². The van der Waals surface area contributed by atoms with Crippen LogP contribution in [0.5, 0.6) is 0 Å². The van der Waals surface area contributed by atoms with Crippen molar-refractivity contribution in [2.75, 3.05) is 11.1 Å². The van der Waals surface area contributed by atoms with Crippen LogP contribution < -0.4 is 16.6 Å². The maximum atomic E-state index is 14.6. The van der Waals surface area contributed by atoms with Crippen LogP contribution in [-0.4, -0.2) is 34.9 Å². The highest BCUT2D eigenvalue weighted by Crippen LogP contribution is 2.32. The second kappa shape index (κ2) is 8.06. The number of hydrogen-bond donors (Lipinski definition) is 3. The summed E-state index contributed by atoms with van der Waals surface area (Å²) in [5.41, 5.74) is 7.18. The summed E-state index contributed by atoms with van der Waals surface area (Å²) in [5.74, 6) is 0.803. The van der Waals surface area contributed by atoms with Crippen molar-refractivity contribution in [2.24, 2.45) is 0 Å². The molecule has 0 saturated heterocycles. The molecule has 4 aromatic heterocycles. The molecular formula is C22H20FN9O2. The van der Waals surface area contributed by atoms with Gasteiger partial charge in [0.25, 0.3) is 11.4 Å². The Morgan fingerprint density at radius 3 is 2.76 bits per heavy atom. The fourth-order valence-electron chi connectivity index (χ4n) is 3.81. The van der Waals surface area contributed by atoms with Gasteiger partial charge in [-0.15, -0.1) is 0 Å². The van der Waals surface area contributed by atoms with Crippen LogP contribution in [0.4, 0.5) is 16.0 Å². The van der Waals surface area contributed by atoms with E-state index >= 15 is 0 Å². The third-order valence-corrected chi connectivity index (χ3v) is 5.36. The molecule has 0 aliphatic rings. The Labute approximate surface area is 191 Å². The molecule has 0 bridgehead atoms. The van der Waals surface area contributed by atoms with E-state index in [2.05, 4.69) is 35.6 Å². The molecule has 0 aliphatic heterocycles. The van der Waals surface area contributed by atoms with Gasteiger partial charge in [0.05, 0.1) is 17.1 Å². The third-order valence-electron chi connectivity index (χ3n) is 5.36. The number of pyridine rings is 1. The van der Waals surface area contributed by atoms with Crippen LogP contribution in [0.2, 0.25) is 0 Å². The van der Waals surface area contributed by atoms with Crippen LogP contribution >= 0.6 is 0 Å². The smallest absolute Gasteiger partial charge is 0.267 e. The number of halogens is 1. The molecule has 11 nitrogen and oxygen atoms in total. The number of nitrogens with two attached hydrogens (primary N) is 1. The van der Waals surface area contributed by atoms with E-state index in [1.807, 2.05) is 13.8 Å². The monoisotopic (exact) mass is 461 g/mol. The van der Waals surface area contributed by atoms with Crippen LogP contribution in [0, 0.1) is 19.7 Å². The standard InChI is InChI=1S/C22H20FN9O2/c1-10-7-16(30-29-10)32-15(8-13-5-4-6-14(23)17(13)22(32)33)11(2)27-20-18(19(24)25-9-26-20)21-28-12(3)31-34-21/h4-9,11H,1-3H3,(H,29,30)(H3,24,25,26,27). The summed E-state index contributed by atoms with van der Waals surface area (Å²) in [6.07, 6.45) is 1.30. The first-order valence-electron chi connectivity index (χ1n) is 10.4. The molecule has 172 valence electrons. The maximum Gasteiger partial charge on any atom is 0.267 e. The summed E-state index contributed by atoms with van der Waals surface area (Å²) < 4.78 is 21.2. The average Bonchev–Trinajstić information content (AvgIpc) is 3.41. The molecule has 1 unspecified atom stereocenters. The molecule has 0 aliphatic carbocycles. The Morgan fingerprint density at radius 2 is 2.06 bits per heavy atom. The lowest BCUT2D eigenvalue weighted by Crippen LogP contribution is -2.26. The van der Waals surface area contributed by atoms with Crippen LogP contribution in [0.1, 0.15) is 30.2 Å². The zero-order chi connectivity index (χ0) is 24.0. The largest absolute Gasteiger partial charge is 0.383 e. The topological polar surface area (TPSA) is 153 Å². The van der Waals surface area contributed by atoms with Crippen molar-refractivity contribution in [1.29, 1.82) is 0 Å². The number of nitrogens with one attached hydrogen (secondary N) is 2. The first kappa shape index (κ1) is 21.2. The molecule has 12 heteroatoms. The van der Waals surface area contributed by atoms with Crippen molar-refractivity contribution in [2.45, 2.75) is 26.8 Å². The number of aromatic amines is 1. The van der Waals surface area contributed by atoms with Crippen molar-refractivity contribution < 1.29 is 8.91 Å². The van der Waals surface area contributed by atoms with E-state index < -0.39 is 17.4 Å². The number of hydrogen-bond acceptors (Lipinski definition) is 9. The lowest BCUT2D eigenvalue weighted by molar-refractivity contribution is 0.425. The minimum Gasteiger partial charge on any atom is -0.383 e. The summed E-state index contributed by atoms with van der Waals surface area (Å²) in [6.45, 7) is 5.32. The Kier molecular flexibility index (Phi) is 5.04. The van der Waals surface area contributed by atoms with Gasteiger partial charge in [0.15, 0.2) is 11.6 Å². The molecule has 0 radical (unpaired) electrons. The van der Waals surface area contributed by atoms with Crippen molar-refractivity contribution in [3.05, 3.63) is 70.0 Å². The molecular weight excluding hydrogens is 441 g/mol. The Bertz CT molecular complexity index is 1590. The molecule has 1 atom stereocenters. The van der Waals surface area contributed by atoms with Gasteiger partial charge < -0.3 is 15.6 Å². The maximum absolute atomic E-state index is 14.6. The number of aromatic nitrogens is 7. The second-order valence-corrected chi connectivity index (χ2v) is 7.82. The van der Waals surface area contributed by atoms with E-state index in [0.29, 0.717) is 34.1 Å². The average molecular weight is 461 g/mol. The fraction of sp³-hybridized carbons (Fsp3) is 0.182. The zero-order valence-corrected chi connectivity index (χ0v) is 18.5. The predicted octanol–water partition coefficient (Wildman–Crippen LogP) is 3.07. The van der Waals surface area contributed by atoms with E-state index in [4.69, 9.17) is 10.3 Å². The minimum absolute atomic E-state index is 0.0209. The fourth-order valence-corrected chi connectivity index (χ4v) is 3.81. The molecule has 5 aromatic rings. The Morgan fingerprint density at radius 1 is 1.24 bits per heavy atom. The van der Waals surface area contributed by atoms with Gasteiger partial charge in [-0.05, 0) is 38.3 Å². The van der Waals surface area contributed by atoms with Gasteiger partial charge >= 0.3 is 0 Å². The molecule has 0 spiro atoms. The number of nitrogens with zero attached hydrogens (tertiary/aromatic N) is 6. The molecule has 5 rings (SSSR count). The normalized spacial score (nSPS) is 12.2. The number of benzene rings is 1. The van der Waals surface area contributed by atoms with Gasteiger partial charge in [-0.2, -0.15) is 10.1 Å². The summed E-state index contributed by atoms with van der Waals surface area (Å²) in [4.78, 5) is 26.0. The van der Waals surface area contributed by atoms with Crippen LogP contribution in [-0.2, 0) is 0 Å². The summed E-state index contributed by atoms with van der Waals surface area (Å²) in [5, 5.41) is 14.5. The Balaban J connectivity index is 1.67. The molecule has 0 saturated carbocycles. The van der Waals surface area contributed by atoms with Gasteiger partial charge in [-0.25, -0.2) is 14.4 Å². The van der Waals surface area contributed by atoms with Crippen LogP contribution in [0.3, 0.4) is 0 Å². The molecule has 0 amide bonds. The van der Waals surface area contributed by atoms with E-state index in [0.717, 1.165) is 5.69 Å². The molecule has 34 heavy (non-hydrogen) atoms. The van der Waals surface area contributed by atoms with Crippen LogP contribution in [0.25, 0.3) is 28.0 Å². The number of H-pyrrole nitrogens is 1. The quantitative estimate of drug-likeness (QED) is 0.358. The third kappa shape index (κ3) is 3.54. The summed E-state index contributed by atoms with van der Waals surface area (Å²) in [6, 6.07) is 7.44. The lowest BCUT2D eigenvalue weighted by Gasteiger charge is -2.21. The van der Waals surface area contributed by atoms with Gasteiger partial charge in [-0.3, -0.25) is 14.5 Å². The highest BCUT2D eigenvalue weighted by Gasteiger charge is 2.23. The van der Waals surface area contributed by atoms with Crippen LogP contribution in [0.15, 0.2) is 46.0 Å². The lowest BCUT2D eigenvalue weighted by atomic mass is 10.1. The molecule has 4 N–H and O–H groups in total. The van der Waals surface area contributed by atoms with Crippen molar-refractivity contribution in [1.82, 2.24) is 34.9 Å². The van der Waals surface area contributed by atoms with E-state index in [9.17, 15) is 9.18 Å². The number of rotatable bonds is 5. The zero-order valence-electron chi connectivity index (χ0n) is 18.5. The van der Waals surface area contributed by atoms with Gasteiger partial charge in [-0.1, -0.05) is 17.3 Å². The highest BCUT2D eigenvalue weighted by atomic mass is 19.1. The molecule has 0 fully saturated rings. The van der Waals surface area contributed by atoms with E-state index in [1.54, 1.807) is 31.2 Å². The minimum atomic E-state index is -0.603. The van der Waals surface area contributed by atoms with Gasteiger partial charge in [0, 0.05) is 11.8 Å². The molecule has 4 heterocycles. The SMILES string of the molecule is Cc1noc(-c2c(N)ncnc2NC(C)c2cc3cccc(F)c3c(=O)n2-c2cc(C)[nH]n2)n1. The predicted molar refractivity (Wildman–Crippen MR) is 123 cm³/mol. The number of nitrogen functional groups attached to an aromatic ring is 1. The number of aryl methyl sites for hydroxylation is 2. The first-order chi connectivity index (χ1) is 16.3. The first-order valence-corrected chi connectivity index (χ1v) is 10.4.